The van der Waals surface area contributed by atoms with Crippen LogP contribution in [-0.4, -0.2) is 14.1 Å². The second-order valence-electron chi connectivity index (χ2n) is 9.02. The van der Waals surface area contributed by atoms with Gasteiger partial charge in [0.25, 0.3) is 0 Å². The molecule has 36 heavy (non-hydrogen) atoms. The zero-order valence-electron chi connectivity index (χ0n) is 19.7. The predicted molar refractivity (Wildman–Crippen MR) is 153 cm³/mol. The molecule has 0 saturated carbocycles. The molecule has 0 amide bonds. The summed E-state index contributed by atoms with van der Waals surface area (Å²) < 4.78 is 4.51. The zero-order chi connectivity index (χ0) is 24.2. The van der Waals surface area contributed by atoms with Crippen molar-refractivity contribution in [2.45, 2.75) is 0 Å². The summed E-state index contributed by atoms with van der Waals surface area (Å²) in [6.45, 7) is 7.94. The summed E-state index contributed by atoms with van der Waals surface area (Å²) in [5.74, 6) is 1.78. The lowest BCUT2D eigenvalue weighted by molar-refractivity contribution is 1.01. The smallest absolute Gasteiger partial charge is 0.140 e. The van der Waals surface area contributed by atoms with E-state index in [-0.39, 0.29) is 0 Å². The van der Waals surface area contributed by atoms with Gasteiger partial charge in [0.15, 0.2) is 0 Å². The molecule has 0 bridgehead atoms. The minimum atomic E-state index is 0.882. The number of pyridine rings is 1. The Balaban J connectivity index is 1.54. The Bertz CT molecular complexity index is 1870. The van der Waals surface area contributed by atoms with Gasteiger partial charge in [-0.15, -0.1) is 0 Å². The van der Waals surface area contributed by atoms with E-state index in [1.165, 1.54) is 21.5 Å². The molecule has 7 aromatic rings. The topological polar surface area (TPSA) is 22.8 Å². The molecule has 3 nitrogen and oxygen atoms in total. The van der Waals surface area contributed by atoms with Crippen molar-refractivity contribution >= 4 is 55.8 Å². The van der Waals surface area contributed by atoms with Crippen molar-refractivity contribution in [3.63, 3.8) is 0 Å². The van der Waals surface area contributed by atoms with Crippen molar-refractivity contribution in [2.24, 2.45) is 0 Å². The van der Waals surface area contributed by atoms with Gasteiger partial charge in [-0.3, -0.25) is 9.13 Å². The summed E-state index contributed by atoms with van der Waals surface area (Å²) >= 11 is 0. The van der Waals surface area contributed by atoms with Crippen molar-refractivity contribution in [2.75, 3.05) is 0 Å². The SMILES string of the molecule is C=Cc1ccc2c(c1)c1cc(C=C)ccc1n2-c1cccc(-n2c3ccccc3c3ccccc32)n1. The first-order valence-corrected chi connectivity index (χ1v) is 12.1. The molecule has 0 radical (unpaired) electrons. The third-order valence-corrected chi connectivity index (χ3v) is 7.04. The van der Waals surface area contributed by atoms with Crippen LogP contribution in [0, 0.1) is 0 Å². The van der Waals surface area contributed by atoms with Crippen molar-refractivity contribution < 1.29 is 0 Å². The second kappa shape index (κ2) is 7.82. The highest BCUT2D eigenvalue weighted by Gasteiger charge is 2.16. The summed E-state index contributed by atoms with van der Waals surface area (Å²) in [7, 11) is 0. The summed E-state index contributed by atoms with van der Waals surface area (Å²) in [6.07, 6.45) is 3.78. The first-order chi connectivity index (χ1) is 17.8. The molecule has 4 aromatic carbocycles. The van der Waals surface area contributed by atoms with E-state index in [2.05, 4.69) is 125 Å². The number of hydrogen-bond donors (Lipinski definition) is 0. The average molecular weight is 462 g/mol. The summed E-state index contributed by atoms with van der Waals surface area (Å²) in [5, 5.41) is 4.81. The Morgan fingerprint density at radius 3 is 1.39 bits per heavy atom. The van der Waals surface area contributed by atoms with Crippen LogP contribution in [0.25, 0.3) is 67.4 Å². The van der Waals surface area contributed by atoms with Gasteiger partial charge in [0.1, 0.15) is 11.6 Å². The number of rotatable bonds is 4. The predicted octanol–water partition coefficient (Wildman–Crippen LogP) is 8.56. The number of nitrogens with zero attached hydrogens (tertiary/aromatic N) is 3. The van der Waals surface area contributed by atoms with Crippen LogP contribution in [0.5, 0.6) is 0 Å². The second-order valence-corrected chi connectivity index (χ2v) is 9.02. The van der Waals surface area contributed by atoms with Crippen LogP contribution in [0.1, 0.15) is 11.1 Å². The Hall–Kier alpha value is -4.89. The van der Waals surface area contributed by atoms with Crippen molar-refractivity contribution in [3.05, 3.63) is 127 Å². The molecule has 0 atom stereocenters. The molecule has 0 aliphatic carbocycles. The van der Waals surface area contributed by atoms with E-state index >= 15 is 0 Å². The Kier molecular flexibility index (Phi) is 4.45. The van der Waals surface area contributed by atoms with Gasteiger partial charge in [-0.25, -0.2) is 4.98 Å². The Morgan fingerprint density at radius 1 is 0.472 bits per heavy atom. The van der Waals surface area contributed by atoms with Gasteiger partial charge in [-0.1, -0.05) is 79.9 Å². The number of aromatic nitrogens is 3. The van der Waals surface area contributed by atoms with E-state index in [9.17, 15) is 0 Å². The third-order valence-electron chi connectivity index (χ3n) is 7.04. The van der Waals surface area contributed by atoms with Crippen molar-refractivity contribution in [1.82, 2.24) is 14.1 Å². The van der Waals surface area contributed by atoms with E-state index in [1.54, 1.807) is 0 Å². The van der Waals surface area contributed by atoms with Gasteiger partial charge in [0.2, 0.25) is 0 Å². The maximum Gasteiger partial charge on any atom is 0.140 e. The fraction of sp³-hybridized carbons (Fsp3) is 0. The molecular formula is C33H23N3. The fourth-order valence-electron chi connectivity index (χ4n) is 5.39. The monoisotopic (exact) mass is 461 g/mol. The van der Waals surface area contributed by atoms with Crippen LogP contribution >= 0.6 is 0 Å². The first-order valence-electron chi connectivity index (χ1n) is 12.1. The van der Waals surface area contributed by atoms with Gasteiger partial charge in [-0.05, 0) is 59.7 Å². The molecule has 0 fully saturated rings. The maximum absolute atomic E-state index is 5.23. The molecule has 0 aliphatic heterocycles. The normalized spacial score (nSPS) is 11.6. The van der Waals surface area contributed by atoms with Gasteiger partial charge in [-0.2, -0.15) is 0 Å². The molecule has 0 spiro atoms. The molecule has 3 aromatic heterocycles. The lowest BCUT2D eigenvalue weighted by Gasteiger charge is -2.11. The maximum atomic E-state index is 5.23. The molecule has 3 heteroatoms. The molecule has 3 heterocycles. The van der Waals surface area contributed by atoms with Crippen LogP contribution in [0.2, 0.25) is 0 Å². The van der Waals surface area contributed by atoms with E-state index in [0.29, 0.717) is 0 Å². The van der Waals surface area contributed by atoms with Crippen LogP contribution < -0.4 is 0 Å². The zero-order valence-corrected chi connectivity index (χ0v) is 19.7. The number of fused-ring (bicyclic) bond motifs is 6. The minimum absolute atomic E-state index is 0.882. The molecule has 7 rings (SSSR count). The summed E-state index contributed by atoms with van der Waals surface area (Å²) in [5.41, 5.74) is 6.72. The van der Waals surface area contributed by atoms with Gasteiger partial charge >= 0.3 is 0 Å². The fourth-order valence-corrected chi connectivity index (χ4v) is 5.39. The van der Waals surface area contributed by atoms with Crippen LogP contribution in [0.3, 0.4) is 0 Å². The Labute approximate surface area is 208 Å². The van der Waals surface area contributed by atoms with Gasteiger partial charge in [0.05, 0.1) is 22.1 Å². The van der Waals surface area contributed by atoms with Crippen molar-refractivity contribution in [1.29, 1.82) is 0 Å². The lowest BCUT2D eigenvalue weighted by Crippen LogP contribution is -2.03. The number of para-hydroxylation sites is 2. The Morgan fingerprint density at radius 2 is 0.917 bits per heavy atom. The van der Waals surface area contributed by atoms with E-state index < -0.39 is 0 Å². The summed E-state index contributed by atoms with van der Waals surface area (Å²) in [6, 6.07) is 36.2. The van der Waals surface area contributed by atoms with Crippen LogP contribution in [0.15, 0.2) is 116 Å². The molecule has 170 valence electrons. The van der Waals surface area contributed by atoms with Crippen molar-refractivity contribution in [3.8, 4) is 11.6 Å². The lowest BCUT2D eigenvalue weighted by atomic mass is 10.1. The molecular weight excluding hydrogens is 438 g/mol. The molecule has 0 saturated heterocycles. The molecule has 0 aliphatic rings. The quantitative estimate of drug-likeness (QED) is 0.257. The van der Waals surface area contributed by atoms with Crippen LogP contribution in [-0.2, 0) is 0 Å². The third kappa shape index (κ3) is 2.90. The molecule has 0 unspecified atom stereocenters. The van der Waals surface area contributed by atoms with Gasteiger partial charge < -0.3 is 0 Å². The number of benzene rings is 4. The van der Waals surface area contributed by atoms with E-state index in [1.807, 2.05) is 12.2 Å². The highest BCUT2D eigenvalue weighted by Crippen LogP contribution is 2.35. The highest BCUT2D eigenvalue weighted by molar-refractivity contribution is 6.11. The molecule has 0 N–H and O–H groups in total. The van der Waals surface area contributed by atoms with Gasteiger partial charge in [0, 0.05) is 21.5 Å². The van der Waals surface area contributed by atoms with Crippen LogP contribution in [0.4, 0.5) is 0 Å². The first kappa shape index (κ1) is 20.5. The standard InChI is InChI=1S/C33H23N3/c1-3-22-16-18-30-26(20-22)27-21-23(4-2)17-19-31(27)36(30)33-15-9-14-32(34-33)35-28-12-7-5-10-24(28)25-11-6-8-13-29(25)35/h3-21H,1-2H2. The van der Waals surface area contributed by atoms with E-state index in [4.69, 9.17) is 4.98 Å². The summed E-state index contributed by atoms with van der Waals surface area (Å²) in [4.78, 5) is 5.23. The van der Waals surface area contributed by atoms with E-state index in [0.717, 1.165) is 44.8 Å². The number of hydrogen-bond acceptors (Lipinski definition) is 1. The largest absolute Gasteiger partial charge is 0.294 e. The average Bonchev–Trinajstić information content (AvgIpc) is 3.45. The highest BCUT2D eigenvalue weighted by atomic mass is 15.1. The minimum Gasteiger partial charge on any atom is -0.294 e.